The molecule has 4 nitrogen and oxygen atoms in total. The van der Waals surface area contributed by atoms with Gasteiger partial charge >= 0.3 is 0 Å². The van der Waals surface area contributed by atoms with E-state index in [-0.39, 0.29) is 11.3 Å². The van der Waals surface area contributed by atoms with Gasteiger partial charge in [-0.15, -0.1) is 0 Å². The third-order valence-electron chi connectivity index (χ3n) is 8.25. The van der Waals surface area contributed by atoms with Gasteiger partial charge in [-0.05, 0) is 54.4 Å². The molecule has 32 heavy (non-hydrogen) atoms. The highest BCUT2D eigenvalue weighted by Crippen LogP contribution is 2.50. The number of likely N-dealkylation sites (tertiary alicyclic amines) is 1. The van der Waals surface area contributed by atoms with Crippen LogP contribution in [0, 0.1) is 5.41 Å². The van der Waals surface area contributed by atoms with E-state index in [0.29, 0.717) is 24.8 Å². The molecular formula is C27H31BrN2O2. The van der Waals surface area contributed by atoms with Crippen LogP contribution in [0.5, 0.6) is 0 Å². The first kappa shape index (κ1) is 21.7. The lowest BCUT2D eigenvalue weighted by atomic mass is 9.62. The normalized spacial score (nSPS) is 24.3. The van der Waals surface area contributed by atoms with Crippen LogP contribution in [-0.2, 0) is 15.0 Å². The van der Waals surface area contributed by atoms with Crippen LogP contribution >= 0.6 is 15.9 Å². The van der Waals surface area contributed by atoms with Crippen molar-refractivity contribution >= 4 is 27.7 Å². The number of carbonyl (C=O) groups excluding carboxylic acids is 2. The van der Waals surface area contributed by atoms with Crippen molar-refractivity contribution in [2.75, 3.05) is 19.6 Å². The molecule has 2 heterocycles. The van der Waals surface area contributed by atoms with Crippen LogP contribution in [0.4, 0.5) is 0 Å². The summed E-state index contributed by atoms with van der Waals surface area (Å²) in [5.41, 5.74) is 2.00. The Morgan fingerprint density at radius 2 is 1.69 bits per heavy atom. The molecule has 2 aromatic carbocycles. The smallest absolute Gasteiger partial charge is 0.233 e. The minimum atomic E-state index is -0.392. The Hall–Kier alpha value is -2.14. The molecule has 1 saturated carbocycles. The van der Waals surface area contributed by atoms with Gasteiger partial charge in [0.1, 0.15) is 0 Å². The quantitative estimate of drug-likeness (QED) is 0.639. The summed E-state index contributed by atoms with van der Waals surface area (Å²) in [4.78, 5) is 28.5. The zero-order valence-corrected chi connectivity index (χ0v) is 20.1. The molecule has 0 radical (unpaired) electrons. The predicted molar refractivity (Wildman–Crippen MR) is 129 cm³/mol. The van der Waals surface area contributed by atoms with Gasteiger partial charge < -0.3 is 10.2 Å². The molecular weight excluding hydrogens is 464 g/mol. The van der Waals surface area contributed by atoms with E-state index >= 15 is 0 Å². The number of hydrogen-bond donors (Lipinski definition) is 1. The minimum absolute atomic E-state index is 0.0565. The van der Waals surface area contributed by atoms with Crippen molar-refractivity contribution in [2.45, 2.75) is 56.3 Å². The second kappa shape index (κ2) is 8.66. The fourth-order valence-electron chi connectivity index (χ4n) is 6.47. The van der Waals surface area contributed by atoms with Crippen molar-refractivity contribution in [3.8, 4) is 0 Å². The molecule has 0 bridgehead atoms. The number of hydrogen-bond acceptors (Lipinski definition) is 2. The third kappa shape index (κ3) is 3.79. The molecule has 3 aliphatic rings. The van der Waals surface area contributed by atoms with Crippen LogP contribution in [0.2, 0.25) is 0 Å². The average Bonchev–Trinajstić information content (AvgIpc) is 3.31. The Morgan fingerprint density at radius 3 is 2.38 bits per heavy atom. The monoisotopic (exact) mass is 494 g/mol. The number of halogens is 1. The number of piperidine rings is 2. The van der Waals surface area contributed by atoms with Crippen molar-refractivity contribution in [3.05, 3.63) is 70.2 Å². The third-order valence-corrected chi connectivity index (χ3v) is 8.74. The second-order valence-electron chi connectivity index (χ2n) is 9.90. The maximum Gasteiger partial charge on any atom is 0.233 e. The van der Waals surface area contributed by atoms with Crippen molar-refractivity contribution in [1.29, 1.82) is 0 Å². The molecule has 2 saturated heterocycles. The number of carbonyl (C=O) groups is 2. The Labute approximate surface area is 198 Å². The zero-order chi connectivity index (χ0) is 22.2. The van der Waals surface area contributed by atoms with E-state index in [9.17, 15) is 9.59 Å². The van der Waals surface area contributed by atoms with Crippen molar-refractivity contribution in [1.82, 2.24) is 10.2 Å². The first-order valence-electron chi connectivity index (χ1n) is 11.9. The van der Waals surface area contributed by atoms with Gasteiger partial charge in [0.2, 0.25) is 11.8 Å². The summed E-state index contributed by atoms with van der Waals surface area (Å²) in [7, 11) is 0. The topological polar surface area (TPSA) is 49.4 Å². The van der Waals surface area contributed by atoms with Crippen LogP contribution in [0.15, 0.2) is 59.1 Å². The van der Waals surface area contributed by atoms with E-state index in [1.54, 1.807) is 0 Å². The van der Waals surface area contributed by atoms with Gasteiger partial charge in [0.15, 0.2) is 0 Å². The molecule has 5 heteroatoms. The van der Waals surface area contributed by atoms with Crippen molar-refractivity contribution < 1.29 is 9.59 Å². The van der Waals surface area contributed by atoms with Gasteiger partial charge in [-0.25, -0.2) is 0 Å². The summed E-state index contributed by atoms with van der Waals surface area (Å²) in [6.07, 6.45) is 6.41. The molecule has 1 spiro atoms. The standard InChI is InChI=1S/C27H31BrN2O2/c28-22-10-6-9-21(17-22)27(11-4-5-12-27)25(32)30-15-13-26(14-16-30)18-24(31)29-19-23(26)20-7-2-1-3-8-20/h1-3,6-10,17,23H,4-5,11-16,18-19H2,(H,29,31)/t23-/m0/s1. The molecule has 5 rings (SSSR count). The molecule has 1 N–H and O–H groups in total. The maximum absolute atomic E-state index is 14.0. The molecule has 2 aliphatic heterocycles. The van der Waals surface area contributed by atoms with Crippen molar-refractivity contribution in [3.63, 3.8) is 0 Å². The Bertz CT molecular complexity index is 992. The van der Waals surface area contributed by atoms with Crippen LogP contribution in [0.25, 0.3) is 0 Å². The summed E-state index contributed by atoms with van der Waals surface area (Å²) in [5, 5.41) is 3.09. The highest BCUT2D eigenvalue weighted by molar-refractivity contribution is 9.10. The van der Waals surface area contributed by atoms with E-state index in [4.69, 9.17) is 0 Å². The molecule has 0 aromatic heterocycles. The highest BCUT2D eigenvalue weighted by atomic mass is 79.9. The van der Waals surface area contributed by atoms with Gasteiger partial charge in [-0.3, -0.25) is 9.59 Å². The Morgan fingerprint density at radius 1 is 0.969 bits per heavy atom. The summed E-state index contributed by atoms with van der Waals surface area (Å²) in [6, 6.07) is 18.9. The number of nitrogens with zero attached hydrogens (tertiary/aromatic N) is 1. The summed E-state index contributed by atoms with van der Waals surface area (Å²) < 4.78 is 1.03. The lowest BCUT2D eigenvalue weighted by molar-refractivity contribution is -0.141. The van der Waals surface area contributed by atoms with Crippen molar-refractivity contribution in [2.24, 2.45) is 5.41 Å². The van der Waals surface area contributed by atoms with Gasteiger partial charge in [0.25, 0.3) is 0 Å². The molecule has 1 atom stereocenters. The number of amides is 2. The zero-order valence-electron chi connectivity index (χ0n) is 18.5. The first-order chi connectivity index (χ1) is 15.5. The molecule has 168 valence electrons. The summed E-state index contributed by atoms with van der Waals surface area (Å²) >= 11 is 3.60. The van der Waals surface area contributed by atoms with Gasteiger partial charge in [0, 0.05) is 36.4 Å². The van der Waals surface area contributed by atoms with E-state index in [0.717, 1.165) is 61.7 Å². The van der Waals surface area contributed by atoms with E-state index in [1.807, 2.05) is 18.2 Å². The van der Waals surface area contributed by atoms with Crippen LogP contribution in [-0.4, -0.2) is 36.3 Å². The molecule has 3 fully saturated rings. The maximum atomic E-state index is 14.0. The molecule has 2 amide bonds. The van der Waals surface area contributed by atoms with E-state index in [1.165, 1.54) is 5.56 Å². The fourth-order valence-corrected chi connectivity index (χ4v) is 6.87. The van der Waals surface area contributed by atoms with E-state index < -0.39 is 5.41 Å². The molecule has 1 aliphatic carbocycles. The van der Waals surface area contributed by atoms with E-state index in [2.05, 4.69) is 62.5 Å². The summed E-state index contributed by atoms with van der Waals surface area (Å²) in [6.45, 7) is 2.18. The SMILES string of the molecule is O=C1CC2(CCN(C(=O)C3(c4cccc(Br)c4)CCCC3)CC2)[C@H](c2ccccc2)CN1. The minimum Gasteiger partial charge on any atom is -0.355 e. The Kier molecular flexibility index (Phi) is 5.87. The first-order valence-corrected chi connectivity index (χ1v) is 12.7. The molecule has 0 unspecified atom stereocenters. The lowest BCUT2D eigenvalue weighted by Crippen LogP contribution is -2.55. The lowest BCUT2D eigenvalue weighted by Gasteiger charge is -2.50. The van der Waals surface area contributed by atoms with Gasteiger partial charge in [0.05, 0.1) is 5.41 Å². The second-order valence-corrected chi connectivity index (χ2v) is 10.8. The average molecular weight is 495 g/mol. The predicted octanol–water partition coefficient (Wildman–Crippen LogP) is 5.17. The molecule has 2 aromatic rings. The Balaban J connectivity index is 1.38. The number of rotatable bonds is 3. The van der Waals surface area contributed by atoms with Crippen LogP contribution < -0.4 is 5.32 Å². The number of benzene rings is 2. The fraction of sp³-hybridized carbons (Fsp3) is 0.481. The largest absolute Gasteiger partial charge is 0.355 e. The summed E-state index contributed by atoms with van der Waals surface area (Å²) in [5.74, 6) is 0.752. The van der Waals surface area contributed by atoms with Crippen LogP contribution in [0.3, 0.4) is 0 Å². The van der Waals surface area contributed by atoms with Crippen LogP contribution in [0.1, 0.15) is 62.0 Å². The number of nitrogens with one attached hydrogen (secondary N) is 1. The highest BCUT2D eigenvalue weighted by Gasteiger charge is 2.50. The van der Waals surface area contributed by atoms with Gasteiger partial charge in [-0.2, -0.15) is 0 Å². The van der Waals surface area contributed by atoms with Gasteiger partial charge in [-0.1, -0.05) is 71.2 Å².